The monoisotopic (exact) mass is 439 g/mol. The maximum atomic E-state index is 14.8. The first kappa shape index (κ1) is 23.4. The molecule has 0 saturated carbocycles. The number of sulfonamides is 1. The van der Waals surface area contributed by atoms with E-state index in [4.69, 9.17) is 9.05 Å². The Morgan fingerprint density at radius 1 is 1.14 bits per heavy atom. The molecule has 1 aromatic rings. The fourth-order valence-electron chi connectivity index (χ4n) is 3.30. The SMILES string of the molecule is CCOP(=O)(OCC)C(F)(F)C[C@@H]1CN(S(=O)(=O)c2ccc(C)cc2)C[C@@H]1C. The first-order chi connectivity index (χ1) is 13.0. The van der Waals surface area contributed by atoms with Crippen LogP contribution in [0.5, 0.6) is 0 Å². The number of nitrogens with zero attached hydrogens (tertiary/aromatic N) is 1. The van der Waals surface area contributed by atoms with Gasteiger partial charge in [0.15, 0.2) is 0 Å². The summed E-state index contributed by atoms with van der Waals surface area (Å²) >= 11 is 0. The Kier molecular flexibility index (Phi) is 7.42. The Labute approximate surface area is 165 Å². The highest BCUT2D eigenvalue weighted by molar-refractivity contribution is 7.89. The third kappa shape index (κ3) is 4.82. The number of hydrogen-bond donors (Lipinski definition) is 0. The van der Waals surface area contributed by atoms with Crippen LogP contribution in [0.15, 0.2) is 29.2 Å². The lowest BCUT2D eigenvalue weighted by atomic mass is 9.95. The van der Waals surface area contributed by atoms with Crippen molar-refractivity contribution >= 4 is 17.6 Å². The van der Waals surface area contributed by atoms with E-state index in [9.17, 15) is 21.8 Å². The molecular formula is C18H28F2NO5PS. The Morgan fingerprint density at radius 2 is 1.68 bits per heavy atom. The minimum atomic E-state index is -4.63. The first-order valence-corrected chi connectivity index (χ1v) is 12.3. The van der Waals surface area contributed by atoms with Crippen LogP contribution >= 0.6 is 7.60 Å². The van der Waals surface area contributed by atoms with Crippen LogP contribution in [0.25, 0.3) is 0 Å². The maximum Gasteiger partial charge on any atom is 0.399 e. The van der Waals surface area contributed by atoms with Gasteiger partial charge >= 0.3 is 13.3 Å². The van der Waals surface area contributed by atoms with Gasteiger partial charge in [0.1, 0.15) is 0 Å². The van der Waals surface area contributed by atoms with E-state index < -0.39 is 35.6 Å². The fraction of sp³-hybridized carbons (Fsp3) is 0.667. The first-order valence-electron chi connectivity index (χ1n) is 9.30. The predicted molar refractivity (Wildman–Crippen MR) is 103 cm³/mol. The number of benzene rings is 1. The maximum absolute atomic E-state index is 14.8. The van der Waals surface area contributed by atoms with Crippen LogP contribution in [0.2, 0.25) is 0 Å². The zero-order valence-corrected chi connectivity index (χ0v) is 18.3. The van der Waals surface area contributed by atoms with Crippen LogP contribution in [0.4, 0.5) is 8.78 Å². The molecule has 0 spiro atoms. The third-order valence-electron chi connectivity index (χ3n) is 4.90. The van der Waals surface area contributed by atoms with Gasteiger partial charge in [0.25, 0.3) is 0 Å². The van der Waals surface area contributed by atoms with Gasteiger partial charge in [0.05, 0.1) is 18.1 Å². The third-order valence-corrected chi connectivity index (χ3v) is 8.93. The topological polar surface area (TPSA) is 72.9 Å². The second-order valence-electron chi connectivity index (χ2n) is 7.08. The number of alkyl halides is 2. The second kappa shape index (κ2) is 8.88. The molecule has 0 aliphatic carbocycles. The van der Waals surface area contributed by atoms with Gasteiger partial charge in [-0.1, -0.05) is 24.6 Å². The average Bonchev–Trinajstić information content (AvgIpc) is 2.96. The summed E-state index contributed by atoms with van der Waals surface area (Å²) in [6, 6.07) is 6.40. The second-order valence-corrected chi connectivity index (χ2v) is 11.2. The van der Waals surface area contributed by atoms with E-state index in [-0.39, 0.29) is 37.1 Å². The van der Waals surface area contributed by atoms with E-state index >= 15 is 0 Å². The average molecular weight is 439 g/mol. The summed E-state index contributed by atoms with van der Waals surface area (Å²) in [5.41, 5.74) is -2.77. The Morgan fingerprint density at radius 3 is 2.18 bits per heavy atom. The van der Waals surface area contributed by atoms with Crippen LogP contribution < -0.4 is 0 Å². The number of halogens is 2. The zero-order chi connectivity index (χ0) is 21.2. The van der Waals surface area contributed by atoms with Gasteiger partial charge in [-0.2, -0.15) is 13.1 Å². The molecule has 0 radical (unpaired) electrons. The molecule has 28 heavy (non-hydrogen) atoms. The highest BCUT2D eigenvalue weighted by Gasteiger charge is 2.55. The van der Waals surface area contributed by atoms with E-state index in [1.54, 1.807) is 19.1 Å². The Hall–Kier alpha value is -0.860. The highest BCUT2D eigenvalue weighted by atomic mass is 32.2. The van der Waals surface area contributed by atoms with Crippen molar-refractivity contribution in [3.05, 3.63) is 29.8 Å². The van der Waals surface area contributed by atoms with Crippen LogP contribution in [0.3, 0.4) is 0 Å². The molecule has 1 fully saturated rings. The molecule has 0 aromatic heterocycles. The molecule has 1 saturated heterocycles. The molecule has 2 atom stereocenters. The number of rotatable bonds is 9. The van der Waals surface area contributed by atoms with Gasteiger partial charge in [-0.15, -0.1) is 0 Å². The standard InChI is InChI=1S/C18H28F2NO5PS/c1-5-25-27(22,26-6-2)18(19,20)11-16-13-21(12-15(16)4)28(23,24)17-9-7-14(3)8-10-17/h7-10,15-16H,5-6,11-13H2,1-4H3/t15-,16+/m0/s1. The van der Waals surface area contributed by atoms with Crippen molar-refractivity contribution in [2.24, 2.45) is 11.8 Å². The summed E-state index contributed by atoms with van der Waals surface area (Å²) in [6.45, 7) is 6.24. The largest absolute Gasteiger partial charge is 0.399 e. The Bertz CT molecular complexity index is 806. The lowest BCUT2D eigenvalue weighted by molar-refractivity contribution is 0.0153. The van der Waals surface area contributed by atoms with E-state index in [0.717, 1.165) is 5.56 Å². The predicted octanol–water partition coefficient (Wildman–Crippen LogP) is 4.50. The van der Waals surface area contributed by atoms with Crippen molar-refractivity contribution in [2.75, 3.05) is 26.3 Å². The van der Waals surface area contributed by atoms with E-state index in [2.05, 4.69) is 0 Å². The summed E-state index contributed by atoms with van der Waals surface area (Å²) < 4.78 is 78.6. The molecule has 160 valence electrons. The van der Waals surface area contributed by atoms with Gasteiger partial charge in [0, 0.05) is 19.5 Å². The van der Waals surface area contributed by atoms with Crippen LogP contribution in [0.1, 0.15) is 32.8 Å². The van der Waals surface area contributed by atoms with Gasteiger partial charge < -0.3 is 9.05 Å². The minimum Gasteiger partial charge on any atom is -0.305 e. The quantitative estimate of drug-likeness (QED) is 0.530. The van der Waals surface area contributed by atoms with Gasteiger partial charge in [-0.05, 0) is 44.7 Å². The molecule has 1 aromatic carbocycles. The highest BCUT2D eigenvalue weighted by Crippen LogP contribution is 2.64. The van der Waals surface area contributed by atoms with Crippen molar-refractivity contribution in [1.82, 2.24) is 4.31 Å². The summed E-state index contributed by atoms with van der Waals surface area (Å²) in [5.74, 6) is -0.979. The van der Waals surface area contributed by atoms with E-state index in [0.29, 0.717) is 0 Å². The van der Waals surface area contributed by atoms with E-state index in [1.165, 1.54) is 30.3 Å². The molecule has 2 rings (SSSR count). The summed E-state index contributed by atoms with van der Waals surface area (Å²) in [4.78, 5) is 0.131. The van der Waals surface area contributed by atoms with Gasteiger partial charge in [-0.3, -0.25) is 4.57 Å². The summed E-state index contributed by atoms with van der Waals surface area (Å²) in [5, 5.41) is 0. The van der Waals surface area contributed by atoms with Crippen molar-refractivity contribution in [3.8, 4) is 0 Å². The molecule has 10 heteroatoms. The van der Waals surface area contributed by atoms with Crippen molar-refractivity contribution < 1.29 is 30.8 Å². The molecule has 1 aliphatic heterocycles. The summed E-state index contributed by atoms with van der Waals surface area (Å²) in [7, 11) is -8.40. The molecular weight excluding hydrogens is 411 g/mol. The van der Waals surface area contributed by atoms with Crippen molar-refractivity contribution in [1.29, 1.82) is 0 Å². The van der Waals surface area contributed by atoms with E-state index in [1.807, 2.05) is 6.92 Å². The normalized spacial score (nSPS) is 21.9. The lowest BCUT2D eigenvalue weighted by Crippen LogP contribution is -2.30. The molecule has 0 bridgehead atoms. The molecule has 6 nitrogen and oxygen atoms in total. The summed E-state index contributed by atoms with van der Waals surface area (Å²) in [6.07, 6.45) is -0.759. The number of aryl methyl sites for hydroxylation is 1. The zero-order valence-electron chi connectivity index (χ0n) is 16.6. The molecule has 1 heterocycles. The molecule has 0 N–H and O–H groups in total. The van der Waals surface area contributed by atoms with Gasteiger partial charge in [0.2, 0.25) is 10.0 Å². The molecule has 0 unspecified atom stereocenters. The smallest absolute Gasteiger partial charge is 0.305 e. The van der Waals surface area contributed by atoms with Crippen LogP contribution in [0, 0.1) is 18.8 Å². The van der Waals surface area contributed by atoms with Gasteiger partial charge in [-0.25, -0.2) is 8.42 Å². The van der Waals surface area contributed by atoms with Crippen LogP contribution in [-0.2, 0) is 23.6 Å². The van der Waals surface area contributed by atoms with Crippen molar-refractivity contribution in [3.63, 3.8) is 0 Å². The minimum absolute atomic E-state index is 0.0643. The van der Waals surface area contributed by atoms with Crippen molar-refractivity contribution in [2.45, 2.75) is 44.7 Å². The number of hydrogen-bond acceptors (Lipinski definition) is 5. The Balaban J connectivity index is 2.19. The molecule has 1 aliphatic rings. The lowest BCUT2D eigenvalue weighted by Gasteiger charge is -2.28. The van der Waals surface area contributed by atoms with Crippen LogP contribution in [-0.4, -0.2) is 44.7 Å². The fourth-order valence-corrected chi connectivity index (χ4v) is 6.49. The molecule has 0 amide bonds.